The third kappa shape index (κ3) is 2.44. The number of carbonyl (C=O) groups excluding carboxylic acids is 1. The molecule has 0 saturated carbocycles. The highest BCUT2D eigenvalue weighted by Gasteiger charge is 2.29. The Morgan fingerprint density at radius 2 is 1.78 bits per heavy atom. The van der Waals surface area contributed by atoms with Crippen molar-refractivity contribution in [2.24, 2.45) is 0 Å². The van der Waals surface area contributed by atoms with Crippen LogP contribution in [-0.2, 0) is 17.6 Å². The summed E-state index contributed by atoms with van der Waals surface area (Å²) in [7, 11) is 1.75. The van der Waals surface area contributed by atoms with E-state index >= 15 is 0 Å². The normalized spacial score (nSPS) is 13.5. The van der Waals surface area contributed by atoms with E-state index < -0.39 is 0 Å². The SMILES string of the molecule is CCCc1cc(O)c(-c2c(C)ccc3c2CC(=O)N3C)c(O)c1. The lowest BCUT2D eigenvalue weighted by Crippen LogP contribution is -2.20. The lowest BCUT2D eigenvalue weighted by atomic mass is 9.91. The summed E-state index contributed by atoms with van der Waals surface area (Å²) in [5, 5.41) is 21.0. The number of hydrogen-bond acceptors (Lipinski definition) is 3. The average molecular weight is 311 g/mol. The van der Waals surface area contributed by atoms with Crippen LogP contribution in [0.15, 0.2) is 24.3 Å². The van der Waals surface area contributed by atoms with Gasteiger partial charge in [-0.3, -0.25) is 4.79 Å². The first-order valence-corrected chi connectivity index (χ1v) is 7.88. The zero-order valence-corrected chi connectivity index (χ0v) is 13.7. The summed E-state index contributed by atoms with van der Waals surface area (Å²) in [5.74, 6) is 0.146. The Labute approximate surface area is 136 Å². The number of fused-ring (bicyclic) bond motifs is 1. The highest BCUT2D eigenvalue weighted by molar-refractivity contribution is 6.04. The Bertz CT molecular complexity index is 772. The molecular weight excluding hydrogens is 290 g/mol. The number of benzene rings is 2. The molecule has 0 fully saturated rings. The number of aryl methyl sites for hydroxylation is 2. The van der Waals surface area contributed by atoms with Crippen molar-refractivity contribution in [2.75, 3.05) is 11.9 Å². The van der Waals surface area contributed by atoms with Crippen LogP contribution in [0.2, 0.25) is 0 Å². The minimum atomic E-state index is 0.0217. The van der Waals surface area contributed by atoms with Gasteiger partial charge in [0.15, 0.2) is 0 Å². The van der Waals surface area contributed by atoms with E-state index in [-0.39, 0.29) is 17.4 Å². The molecule has 1 heterocycles. The van der Waals surface area contributed by atoms with Crippen LogP contribution in [0.5, 0.6) is 11.5 Å². The summed E-state index contributed by atoms with van der Waals surface area (Å²) in [6.07, 6.45) is 2.03. The highest BCUT2D eigenvalue weighted by Crippen LogP contribution is 2.45. The highest BCUT2D eigenvalue weighted by atomic mass is 16.3. The largest absolute Gasteiger partial charge is 0.507 e. The van der Waals surface area contributed by atoms with Crippen molar-refractivity contribution in [3.05, 3.63) is 41.0 Å². The molecular formula is C19H21NO3. The minimum absolute atomic E-state index is 0.0217. The molecule has 2 aromatic rings. The Morgan fingerprint density at radius 1 is 1.13 bits per heavy atom. The van der Waals surface area contributed by atoms with Crippen molar-refractivity contribution in [2.45, 2.75) is 33.1 Å². The Hall–Kier alpha value is -2.49. The summed E-state index contributed by atoms with van der Waals surface area (Å²) >= 11 is 0. The molecule has 0 aromatic heterocycles. The number of nitrogens with zero attached hydrogens (tertiary/aromatic N) is 1. The molecule has 4 heteroatoms. The Balaban J connectivity index is 2.23. The number of amides is 1. The van der Waals surface area contributed by atoms with Crippen molar-refractivity contribution in [3.8, 4) is 22.6 Å². The van der Waals surface area contributed by atoms with Crippen LogP contribution in [0.1, 0.15) is 30.0 Å². The summed E-state index contributed by atoms with van der Waals surface area (Å²) in [4.78, 5) is 13.7. The standard InChI is InChI=1S/C19H21NO3/c1-4-5-12-8-15(21)19(16(22)9-12)18-11(2)6-7-14-13(18)10-17(23)20(14)3/h6-9,21-22H,4-5,10H2,1-3H3. The van der Waals surface area contributed by atoms with E-state index in [0.29, 0.717) is 12.0 Å². The van der Waals surface area contributed by atoms with Gasteiger partial charge in [0.1, 0.15) is 11.5 Å². The topological polar surface area (TPSA) is 60.8 Å². The predicted molar refractivity (Wildman–Crippen MR) is 91.1 cm³/mol. The van der Waals surface area contributed by atoms with E-state index in [1.807, 2.05) is 19.1 Å². The fraction of sp³-hybridized carbons (Fsp3) is 0.316. The second-order valence-electron chi connectivity index (χ2n) is 6.14. The second-order valence-corrected chi connectivity index (χ2v) is 6.14. The van der Waals surface area contributed by atoms with Gasteiger partial charge in [-0.25, -0.2) is 0 Å². The van der Waals surface area contributed by atoms with E-state index in [0.717, 1.165) is 40.8 Å². The van der Waals surface area contributed by atoms with Crippen molar-refractivity contribution < 1.29 is 15.0 Å². The van der Waals surface area contributed by atoms with Crippen molar-refractivity contribution >= 4 is 11.6 Å². The third-order valence-corrected chi connectivity index (χ3v) is 4.51. The molecule has 23 heavy (non-hydrogen) atoms. The van der Waals surface area contributed by atoms with Crippen LogP contribution in [-0.4, -0.2) is 23.2 Å². The molecule has 0 saturated heterocycles. The predicted octanol–water partition coefficient (Wildman–Crippen LogP) is 3.54. The molecule has 2 N–H and O–H groups in total. The van der Waals surface area contributed by atoms with Gasteiger partial charge >= 0.3 is 0 Å². The van der Waals surface area contributed by atoms with E-state index in [9.17, 15) is 15.0 Å². The molecule has 1 amide bonds. The van der Waals surface area contributed by atoms with Crippen molar-refractivity contribution in [1.82, 2.24) is 0 Å². The van der Waals surface area contributed by atoms with Crippen LogP contribution in [0, 0.1) is 6.92 Å². The number of hydrogen-bond donors (Lipinski definition) is 2. The first-order chi connectivity index (χ1) is 10.9. The monoisotopic (exact) mass is 311 g/mol. The van der Waals surface area contributed by atoms with Crippen LogP contribution >= 0.6 is 0 Å². The van der Waals surface area contributed by atoms with Gasteiger partial charge in [-0.2, -0.15) is 0 Å². The molecule has 0 spiro atoms. The van der Waals surface area contributed by atoms with E-state index in [4.69, 9.17) is 0 Å². The fourth-order valence-corrected chi connectivity index (χ4v) is 3.36. The van der Waals surface area contributed by atoms with Gasteiger partial charge in [-0.1, -0.05) is 19.4 Å². The summed E-state index contributed by atoms with van der Waals surface area (Å²) < 4.78 is 0. The van der Waals surface area contributed by atoms with Gasteiger partial charge in [0.25, 0.3) is 0 Å². The fourth-order valence-electron chi connectivity index (χ4n) is 3.36. The molecule has 0 unspecified atom stereocenters. The number of aromatic hydroxyl groups is 2. The quantitative estimate of drug-likeness (QED) is 0.911. The molecule has 0 aliphatic carbocycles. The van der Waals surface area contributed by atoms with Gasteiger partial charge in [-0.05, 0) is 53.8 Å². The Kier molecular flexibility index (Phi) is 3.76. The lowest BCUT2D eigenvalue weighted by molar-refractivity contribution is -0.117. The average Bonchev–Trinajstić information content (AvgIpc) is 2.76. The van der Waals surface area contributed by atoms with E-state index in [1.54, 1.807) is 24.1 Å². The zero-order valence-electron chi connectivity index (χ0n) is 13.7. The number of phenolic OH excluding ortho intramolecular Hbond substituents is 2. The molecule has 0 atom stereocenters. The number of phenols is 2. The maximum atomic E-state index is 12.0. The van der Waals surface area contributed by atoms with Gasteiger partial charge in [0, 0.05) is 12.7 Å². The van der Waals surface area contributed by atoms with Gasteiger partial charge in [-0.15, -0.1) is 0 Å². The third-order valence-electron chi connectivity index (χ3n) is 4.51. The van der Waals surface area contributed by atoms with E-state index in [2.05, 4.69) is 6.92 Å². The van der Waals surface area contributed by atoms with Crippen LogP contribution in [0.3, 0.4) is 0 Å². The molecule has 3 rings (SSSR count). The Morgan fingerprint density at radius 3 is 2.39 bits per heavy atom. The maximum absolute atomic E-state index is 12.0. The smallest absolute Gasteiger partial charge is 0.231 e. The first-order valence-electron chi connectivity index (χ1n) is 7.88. The molecule has 4 nitrogen and oxygen atoms in total. The molecule has 2 aromatic carbocycles. The zero-order chi connectivity index (χ0) is 16.7. The maximum Gasteiger partial charge on any atom is 0.231 e. The number of carbonyl (C=O) groups is 1. The molecule has 1 aliphatic rings. The first kappa shape index (κ1) is 15.4. The molecule has 120 valence electrons. The lowest BCUT2D eigenvalue weighted by Gasteiger charge is -2.17. The summed E-state index contributed by atoms with van der Waals surface area (Å²) in [6.45, 7) is 3.98. The van der Waals surface area contributed by atoms with Crippen LogP contribution in [0.4, 0.5) is 5.69 Å². The molecule has 1 aliphatic heterocycles. The van der Waals surface area contributed by atoms with Gasteiger partial charge in [0.05, 0.1) is 12.0 Å². The second kappa shape index (κ2) is 5.61. The van der Waals surface area contributed by atoms with Crippen LogP contribution in [0.25, 0.3) is 11.1 Å². The van der Waals surface area contributed by atoms with Crippen LogP contribution < -0.4 is 4.90 Å². The number of likely N-dealkylation sites (N-methyl/N-ethyl adjacent to an activating group) is 1. The minimum Gasteiger partial charge on any atom is -0.507 e. The van der Waals surface area contributed by atoms with Crippen molar-refractivity contribution in [1.29, 1.82) is 0 Å². The van der Waals surface area contributed by atoms with E-state index in [1.165, 1.54) is 0 Å². The summed E-state index contributed by atoms with van der Waals surface area (Å²) in [6, 6.07) is 7.25. The summed E-state index contributed by atoms with van der Waals surface area (Å²) in [5.41, 5.74) is 4.73. The van der Waals surface area contributed by atoms with Gasteiger partial charge < -0.3 is 15.1 Å². The number of rotatable bonds is 3. The molecule has 0 radical (unpaired) electrons. The number of anilines is 1. The van der Waals surface area contributed by atoms with Gasteiger partial charge in [0.2, 0.25) is 5.91 Å². The molecule has 0 bridgehead atoms. The van der Waals surface area contributed by atoms with Crippen molar-refractivity contribution in [3.63, 3.8) is 0 Å².